The number of halogens is 2. The number of thiazole rings is 1. The molecule has 5 nitrogen and oxygen atoms in total. The first kappa shape index (κ1) is 17.8. The molecule has 1 amide bonds. The molecule has 0 bridgehead atoms. The van der Waals surface area contributed by atoms with Gasteiger partial charge in [-0.2, -0.15) is 0 Å². The third kappa shape index (κ3) is 4.38. The number of rotatable bonds is 3. The lowest BCUT2D eigenvalue weighted by atomic mass is 10.2. The van der Waals surface area contributed by atoms with Gasteiger partial charge < -0.3 is 10.6 Å². The van der Waals surface area contributed by atoms with Crippen LogP contribution < -0.4 is 10.6 Å². The van der Waals surface area contributed by atoms with Crippen LogP contribution in [0.15, 0.2) is 30.7 Å². The summed E-state index contributed by atoms with van der Waals surface area (Å²) < 4.78 is 0. The third-order valence-corrected chi connectivity index (χ3v) is 4.10. The van der Waals surface area contributed by atoms with E-state index in [1.165, 1.54) is 11.3 Å². The predicted molar refractivity (Wildman–Crippen MR) is 88.6 cm³/mol. The number of hydrogen-bond acceptors (Lipinski definition) is 5. The number of nitrogens with one attached hydrogen (secondary N) is 2. The number of carbonyl (C=O) groups is 1. The quantitative estimate of drug-likeness (QED) is 0.893. The van der Waals surface area contributed by atoms with E-state index in [0.29, 0.717) is 4.88 Å². The molecule has 3 rings (SSSR count). The van der Waals surface area contributed by atoms with E-state index in [4.69, 9.17) is 0 Å². The molecule has 8 heteroatoms. The molecule has 1 aliphatic heterocycles. The molecule has 0 spiro atoms. The molecular weight excluding hydrogens is 331 g/mol. The number of carbonyl (C=O) groups excluding carboxylic acids is 1. The van der Waals surface area contributed by atoms with E-state index >= 15 is 0 Å². The van der Waals surface area contributed by atoms with Gasteiger partial charge in [0.1, 0.15) is 9.88 Å². The van der Waals surface area contributed by atoms with Gasteiger partial charge in [-0.3, -0.25) is 9.78 Å². The number of aromatic nitrogens is 2. The standard InChI is InChI=1S/C13H14N4OS.2ClH/c18-12(17-10-3-6-15-7-10)11-8-16-13(19-11)9-1-4-14-5-2-9;;/h1-2,4-5,8,10,15H,3,6-7H2,(H,17,18);2*1H. The highest BCUT2D eigenvalue weighted by Gasteiger charge is 2.19. The maximum absolute atomic E-state index is 12.1. The van der Waals surface area contributed by atoms with Crippen molar-refractivity contribution >= 4 is 42.1 Å². The Morgan fingerprint density at radius 3 is 2.76 bits per heavy atom. The maximum Gasteiger partial charge on any atom is 0.263 e. The molecule has 114 valence electrons. The van der Waals surface area contributed by atoms with Crippen molar-refractivity contribution in [2.24, 2.45) is 0 Å². The zero-order valence-corrected chi connectivity index (χ0v) is 13.6. The number of nitrogens with zero attached hydrogens (tertiary/aromatic N) is 2. The zero-order chi connectivity index (χ0) is 13.1. The molecule has 0 aliphatic carbocycles. The third-order valence-electron chi connectivity index (χ3n) is 3.05. The van der Waals surface area contributed by atoms with E-state index in [1.807, 2.05) is 12.1 Å². The van der Waals surface area contributed by atoms with E-state index in [2.05, 4.69) is 20.6 Å². The Labute approximate surface area is 139 Å². The van der Waals surface area contributed by atoms with Crippen molar-refractivity contribution in [1.82, 2.24) is 20.6 Å². The summed E-state index contributed by atoms with van der Waals surface area (Å²) in [6, 6.07) is 4.02. The van der Waals surface area contributed by atoms with Crippen molar-refractivity contribution < 1.29 is 4.79 Å². The Kier molecular flexibility index (Phi) is 7.04. The Morgan fingerprint density at radius 1 is 1.33 bits per heavy atom. The predicted octanol–water partition coefficient (Wildman–Crippen LogP) is 2.14. The summed E-state index contributed by atoms with van der Waals surface area (Å²) >= 11 is 1.41. The topological polar surface area (TPSA) is 66.9 Å². The maximum atomic E-state index is 12.1. The first-order valence-corrected chi connectivity index (χ1v) is 7.02. The minimum Gasteiger partial charge on any atom is -0.347 e. The summed E-state index contributed by atoms with van der Waals surface area (Å²) in [5, 5.41) is 7.09. The highest BCUT2D eigenvalue weighted by molar-refractivity contribution is 7.16. The van der Waals surface area contributed by atoms with Crippen molar-refractivity contribution in [2.45, 2.75) is 12.5 Å². The minimum absolute atomic E-state index is 0. The van der Waals surface area contributed by atoms with Crippen LogP contribution in [0.3, 0.4) is 0 Å². The van der Waals surface area contributed by atoms with Crippen molar-refractivity contribution in [1.29, 1.82) is 0 Å². The molecular formula is C13H16Cl2N4OS. The molecule has 0 radical (unpaired) electrons. The normalized spacial score (nSPS) is 16.7. The second-order valence-electron chi connectivity index (χ2n) is 4.43. The van der Waals surface area contributed by atoms with Crippen molar-refractivity contribution in [3.8, 4) is 10.6 Å². The molecule has 1 atom stereocenters. The first-order valence-electron chi connectivity index (χ1n) is 6.21. The van der Waals surface area contributed by atoms with Gasteiger partial charge in [-0.1, -0.05) is 0 Å². The van der Waals surface area contributed by atoms with Crippen LogP contribution in [0.5, 0.6) is 0 Å². The summed E-state index contributed by atoms with van der Waals surface area (Å²) in [6.45, 7) is 1.82. The zero-order valence-electron chi connectivity index (χ0n) is 11.1. The van der Waals surface area contributed by atoms with Crippen LogP contribution >= 0.6 is 36.2 Å². The second-order valence-corrected chi connectivity index (χ2v) is 5.46. The summed E-state index contributed by atoms with van der Waals surface area (Å²) in [4.78, 5) is 21.0. The van der Waals surface area contributed by atoms with Crippen LogP contribution in [0.1, 0.15) is 16.1 Å². The molecule has 1 aliphatic rings. The van der Waals surface area contributed by atoms with Crippen LogP contribution in [0.2, 0.25) is 0 Å². The molecule has 1 saturated heterocycles. The van der Waals surface area contributed by atoms with Gasteiger partial charge in [-0.25, -0.2) is 4.98 Å². The average molecular weight is 347 g/mol. The van der Waals surface area contributed by atoms with Gasteiger partial charge in [0.2, 0.25) is 0 Å². The second kappa shape index (κ2) is 8.29. The van der Waals surface area contributed by atoms with Gasteiger partial charge in [-0.15, -0.1) is 36.2 Å². The van der Waals surface area contributed by atoms with Gasteiger partial charge >= 0.3 is 0 Å². The summed E-state index contributed by atoms with van der Waals surface area (Å²) in [5.41, 5.74) is 0.988. The van der Waals surface area contributed by atoms with Gasteiger partial charge in [0.15, 0.2) is 0 Å². The summed E-state index contributed by atoms with van der Waals surface area (Å²) in [7, 11) is 0. The van der Waals surface area contributed by atoms with Crippen LogP contribution in [0.25, 0.3) is 10.6 Å². The molecule has 2 N–H and O–H groups in total. The monoisotopic (exact) mass is 346 g/mol. The molecule has 21 heavy (non-hydrogen) atoms. The Balaban J connectivity index is 0.00000110. The lowest BCUT2D eigenvalue weighted by Gasteiger charge is -2.09. The molecule has 0 aromatic carbocycles. The molecule has 2 aromatic rings. The van der Waals surface area contributed by atoms with Crippen molar-refractivity contribution in [2.75, 3.05) is 13.1 Å². The number of amides is 1. The fraction of sp³-hybridized carbons (Fsp3) is 0.308. The van der Waals surface area contributed by atoms with Crippen molar-refractivity contribution in [3.05, 3.63) is 35.6 Å². The SMILES string of the molecule is Cl.Cl.O=C(NC1CCNC1)c1cnc(-c2ccncc2)s1. The highest BCUT2D eigenvalue weighted by atomic mass is 35.5. The fourth-order valence-electron chi connectivity index (χ4n) is 2.04. The van der Waals surface area contributed by atoms with Crippen LogP contribution in [-0.4, -0.2) is 35.0 Å². The van der Waals surface area contributed by atoms with Gasteiger partial charge in [0, 0.05) is 30.5 Å². The Bertz CT molecular complexity index is 573. The highest BCUT2D eigenvalue weighted by Crippen LogP contribution is 2.24. The van der Waals surface area contributed by atoms with Crippen LogP contribution in [-0.2, 0) is 0 Å². The minimum atomic E-state index is -0.0356. The van der Waals surface area contributed by atoms with E-state index in [1.54, 1.807) is 18.6 Å². The van der Waals surface area contributed by atoms with E-state index < -0.39 is 0 Å². The summed E-state index contributed by atoms with van der Waals surface area (Å²) in [6.07, 6.45) is 6.07. The number of pyridine rings is 1. The molecule has 2 aromatic heterocycles. The van der Waals surface area contributed by atoms with Crippen LogP contribution in [0, 0.1) is 0 Å². The Morgan fingerprint density at radius 2 is 2.10 bits per heavy atom. The molecule has 1 unspecified atom stereocenters. The van der Waals surface area contributed by atoms with E-state index in [-0.39, 0.29) is 36.8 Å². The van der Waals surface area contributed by atoms with Crippen LogP contribution in [0.4, 0.5) is 0 Å². The van der Waals surface area contributed by atoms with E-state index in [9.17, 15) is 4.79 Å². The lowest BCUT2D eigenvalue weighted by molar-refractivity contribution is 0.0944. The lowest BCUT2D eigenvalue weighted by Crippen LogP contribution is -2.35. The fourth-order valence-corrected chi connectivity index (χ4v) is 2.87. The first-order chi connectivity index (χ1) is 9.33. The van der Waals surface area contributed by atoms with E-state index in [0.717, 1.165) is 30.1 Å². The largest absolute Gasteiger partial charge is 0.347 e. The molecule has 1 fully saturated rings. The smallest absolute Gasteiger partial charge is 0.263 e. The molecule has 0 saturated carbocycles. The summed E-state index contributed by atoms with van der Waals surface area (Å²) in [5.74, 6) is -0.0356. The number of hydrogen-bond donors (Lipinski definition) is 2. The van der Waals surface area contributed by atoms with Gasteiger partial charge in [0.05, 0.1) is 6.20 Å². The van der Waals surface area contributed by atoms with Crippen molar-refractivity contribution in [3.63, 3.8) is 0 Å². The van der Waals surface area contributed by atoms with Gasteiger partial charge in [0.25, 0.3) is 5.91 Å². The van der Waals surface area contributed by atoms with Gasteiger partial charge in [-0.05, 0) is 25.1 Å². The average Bonchev–Trinajstić information content (AvgIpc) is 3.10. The molecule has 3 heterocycles. The Hall–Kier alpha value is -1.21.